The van der Waals surface area contributed by atoms with Crippen LogP contribution < -0.4 is 0 Å². The molecular formula is C14H20ClFO2S. The van der Waals surface area contributed by atoms with Gasteiger partial charge in [0.25, 0.3) is 0 Å². The molecule has 0 aliphatic carbocycles. The summed E-state index contributed by atoms with van der Waals surface area (Å²) in [6, 6.07) is 6.36. The smallest absolute Gasteiger partial charge is 0.150 e. The van der Waals surface area contributed by atoms with Crippen molar-refractivity contribution in [2.45, 2.75) is 26.2 Å². The molecule has 1 aromatic rings. The van der Waals surface area contributed by atoms with Gasteiger partial charge in [0.15, 0.2) is 0 Å². The zero-order valence-electron chi connectivity index (χ0n) is 11.1. The van der Waals surface area contributed by atoms with Crippen LogP contribution in [0, 0.1) is 11.7 Å². The molecule has 0 bridgehead atoms. The van der Waals surface area contributed by atoms with E-state index in [1.54, 1.807) is 6.07 Å². The van der Waals surface area contributed by atoms with Gasteiger partial charge in [0, 0.05) is 11.6 Å². The maximum atomic E-state index is 13.1. The highest BCUT2D eigenvalue weighted by Crippen LogP contribution is 2.16. The van der Waals surface area contributed by atoms with E-state index in [9.17, 15) is 12.8 Å². The number of halogens is 2. The summed E-state index contributed by atoms with van der Waals surface area (Å²) in [5.74, 6) is 0.563. The average molecular weight is 307 g/mol. The molecule has 0 heterocycles. The van der Waals surface area contributed by atoms with Crippen LogP contribution in [0.1, 0.15) is 25.3 Å². The molecule has 0 aliphatic rings. The topological polar surface area (TPSA) is 34.1 Å². The van der Waals surface area contributed by atoms with E-state index >= 15 is 0 Å². The molecule has 2 nitrogen and oxygen atoms in total. The Bertz CT molecular complexity index is 488. The van der Waals surface area contributed by atoms with Gasteiger partial charge in [-0.15, -0.1) is 11.6 Å². The van der Waals surface area contributed by atoms with Crippen molar-refractivity contribution in [3.63, 3.8) is 0 Å². The Hall–Kier alpha value is -0.610. The van der Waals surface area contributed by atoms with Crippen LogP contribution in [0.3, 0.4) is 0 Å². The van der Waals surface area contributed by atoms with Crippen molar-refractivity contribution in [1.82, 2.24) is 0 Å². The van der Waals surface area contributed by atoms with Gasteiger partial charge in [0.05, 0.1) is 5.75 Å². The summed E-state index contributed by atoms with van der Waals surface area (Å²) >= 11 is 5.87. The quantitative estimate of drug-likeness (QED) is 0.690. The van der Waals surface area contributed by atoms with Crippen LogP contribution in [0.5, 0.6) is 0 Å². The molecule has 1 atom stereocenters. The minimum atomic E-state index is -2.97. The standard InChI is InChI=1S/C14H20ClFO2S/c1-2-7-19(17,18)8-6-13(11-15)9-12-4-3-5-14(16)10-12/h3-5,10,13H,2,6-9,11H2,1H3. The molecule has 1 rings (SSSR count). The lowest BCUT2D eigenvalue weighted by atomic mass is 9.99. The molecule has 108 valence electrons. The Morgan fingerprint density at radius 2 is 2.05 bits per heavy atom. The molecule has 0 radical (unpaired) electrons. The first-order valence-electron chi connectivity index (χ1n) is 6.47. The van der Waals surface area contributed by atoms with Gasteiger partial charge in [-0.2, -0.15) is 0 Å². The van der Waals surface area contributed by atoms with Crippen molar-refractivity contribution in [1.29, 1.82) is 0 Å². The van der Waals surface area contributed by atoms with Crippen LogP contribution in [0.25, 0.3) is 0 Å². The normalized spacial score (nSPS) is 13.4. The van der Waals surface area contributed by atoms with Crippen LogP contribution in [0.2, 0.25) is 0 Å². The largest absolute Gasteiger partial charge is 0.229 e. The first-order chi connectivity index (χ1) is 8.96. The molecule has 19 heavy (non-hydrogen) atoms. The lowest BCUT2D eigenvalue weighted by Gasteiger charge is -2.14. The maximum absolute atomic E-state index is 13.1. The fourth-order valence-corrected chi connectivity index (χ4v) is 3.77. The second kappa shape index (κ2) is 7.85. The summed E-state index contributed by atoms with van der Waals surface area (Å²) in [5.41, 5.74) is 0.860. The van der Waals surface area contributed by atoms with Crippen LogP contribution in [0.4, 0.5) is 4.39 Å². The molecule has 5 heteroatoms. The highest BCUT2D eigenvalue weighted by atomic mass is 35.5. The minimum Gasteiger partial charge on any atom is -0.229 e. The van der Waals surface area contributed by atoms with Crippen LogP contribution in [-0.2, 0) is 16.3 Å². The summed E-state index contributed by atoms with van der Waals surface area (Å²) in [6.45, 7) is 1.85. The third-order valence-electron chi connectivity index (χ3n) is 2.98. The monoisotopic (exact) mass is 306 g/mol. The molecule has 0 spiro atoms. The Kier molecular flexibility index (Phi) is 6.80. The summed E-state index contributed by atoms with van der Waals surface area (Å²) < 4.78 is 36.4. The predicted octanol–water partition coefficient (Wildman–Crippen LogP) is 3.44. The first-order valence-corrected chi connectivity index (χ1v) is 8.83. The van der Waals surface area contributed by atoms with Gasteiger partial charge in [0.1, 0.15) is 15.7 Å². The number of rotatable bonds is 8. The zero-order chi connectivity index (χ0) is 14.3. The number of alkyl halides is 1. The number of sulfone groups is 1. The average Bonchev–Trinajstić information content (AvgIpc) is 2.34. The van der Waals surface area contributed by atoms with Gasteiger partial charge >= 0.3 is 0 Å². The summed E-state index contributed by atoms with van der Waals surface area (Å²) in [7, 11) is -2.97. The summed E-state index contributed by atoms with van der Waals surface area (Å²) in [4.78, 5) is 0. The molecule has 0 saturated carbocycles. The lowest BCUT2D eigenvalue weighted by molar-refractivity contribution is 0.544. The fourth-order valence-electron chi connectivity index (χ4n) is 1.99. The minimum absolute atomic E-state index is 0.0649. The van der Waals surface area contributed by atoms with E-state index in [-0.39, 0.29) is 23.2 Å². The van der Waals surface area contributed by atoms with Crippen molar-refractivity contribution in [3.8, 4) is 0 Å². The molecule has 0 aliphatic heterocycles. The second-order valence-corrected chi connectivity index (χ2v) is 7.41. The van der Waals surface area contributed by atoms with Crippen molar-refractivity contribution in [3.05, 3.63) is 35.6 Å². The van der Waals surface area contributed by atoms with Gasteiger partial charge < -0.3 is 0 Å². The van der Waals surface area contributed by atoms with E-state index in [2.05, 4.69) is 0 Å². The fraction of sp³-hybridized carbons (Fsp3) is 0.571. The van der Waals surface area contributed by atoms with E-state index in [0.717, 1.165) is 5.56 Å². The summed E-state index contributed by atoms with van der Waals surface area (Å²) in [5, 5.41) is 0. The van der Waals surface area contributed by atoms with E-state index in [4.69, 9.17) is 11.6 Å². The highest BCUT2D eigenvalue weighted by molar-refractivity contribution is 7.91. The van der Waals surface area contributed by atoms with Gasteiger partial charge in [0.2, 0.25) is 0 Å². The van der Waals surface area contributed by atoms with Crippen molar-refractivity contribution in [2.75, 3.05) is 17.4 Å². The molecule has 1 unspecified atom stereocenters. The number of benzene rings is 1. The molecule has 0 N–H and O–H groups in total. The Labute approximate surface area is 119 Å². The van der Waals surface area contributed by atoms with E-state index in [1.807, 2.05) is 13.0 Å². The molecular weight excluding hydrogens is 287 g/mol. The van der Waals surface area contributed by atoms with Crippen molar-refractivity contribution < 1.29 is 12.8 Å². The molecule has 0 fully saturated rings. The van der Waals surface area contributed by atoms with Gasteiger partial charge in [-0.05, 0) is 42.9 Å². The Morgan fingerprint density at radius 3 is 2.63 bits per heavy atom. The maximum Gasteiger partial charge on any atom is 0.150 e. The molecule has 0 aromatic heterocycles. The Morgan fingerprint density at radius 1 is 1.32 bits per heavy atom. The van der Waals surface area contributed by atoms with E-state index < -0.39 is 9.84 Å². The molecule has 1 aromatic carbocycles. The SMILES string of the molecule is CCCS(=O)(=O)CCC(CCl)Cc1cccc(F)c1. The van der Waals surface area contributed by atoms with E-state index in [0.29, 0.717) is 25.1 Å². The number of hydrogen-bond donors (Lipinski definition) is 0. The zero-order valence-corrected chi connectivity index (χ0v) is 12.7. The third-order valence-corrected chi connectivity index (χ3v) is 5.31. The highest BCUT2D eigenvalue weighted by Gasteiger charge is 2.15. The van der Waals surface area contributed by atoms with Crippen LogP contribution >= 0.6 is 11.6 Å². The lowest BCUT2D eigenvalue weighted by Crippen LogP contribution is -2.16. The first kappa shape index (κ1) is 16.4. The second-order valence-electron chi connectivity index (χ2n) is 4.79. The van der Waals surface area contributed by atoms with Crippen LogP contribution in [0.15, 0.2) is 24.3 Å². The van der Waals surface area contributed by atoms with Crippen molar-refractivity contribution in [2.24, 2.45) is 5.92 Å². The van der Waals surface area contributed by atoms with Crippen LogP contribution in [-0.4, -0.2) is 25.8 Å². The van der Waals surface area contributed by atoms with Crippen molar-refractivity contribution >= 4 is 21.4 Å². The van der Waals surface area contributed by atoms with Gasteiger partial charge in [-0.1, -0.05) is 19.1 Å². The Balaban J connectivity index is 2.55. The molecule has 0 saturated heterocycles. The van der Waals surface area contributed by atoms with Gasteiger partial charge in [-0.25, -0.2) is 12.8 Å². The molecule has 0 amide bonds. The third kappa shape index (κ3) is 6.39. The van der Waals surface area contributed by atoms with E-state index in [1.165, 1.54) is 12.1 Å². The van der Waals surface area contributed by atoms with Gasteiger partial charge in [-0.3, -0.25) is 0 Å². The number of hydrogen-bond acceptors (Lipinski definition) is 2. The summed E-state index contributed by atoms with van der Waals surface area (Å²) in [6.07, 6.45) is 1.78. The predicted molar refractivity (Wildman–Crippen MR) is 77.9 cm³/mol.